The molecule has 0 aliphatic heterocycles. The zero-order valence-corrected chi connectivity index (χ0v) is 10.2. The van der Waals surface area contributed by atoms with Gasteiger partial charge in [0.1, 0.15) is 0 Å². The third-order valence-electron chi connectivity index (χ3n) is 3.10. The summed E-state index contributed by atoms with van der Waals surface area (Å²) in [5.74, 6) is -2.50. The van der Waals surface area contributed by atoms with Gasteiger partial charge >= 0.3 is 0 Å². The Bertz CT molecular complexity index is 371. The topological polar surface area (TPSA) is 9.23 Å². The fraction of sp³-hybridized carbons (Fsp3) is 0.538. The second-order valence-electron chi connectivity index (χ2n) is 4.46. The van der Waals surface area contributed by atoms with Crippen molar-refractivity contribution < 1.29 is 13.5 Å². The standard InChI is InChI=1S/C13H15ClF2O/c14-12-4-2-1-3-10(12)9-17-11-5-7-13(15,16)8-6-11/h1-4,11H,5-9H2. The van der Waals surface area contributed by atoms with Crippen LogP contribution in [0.5, 0.6) is 0 Å². The van der Waals surface area contributed by atoms with Crippen LogP contribution in [0.25, 0.3) is 0 Å². The smallest absolute Gasteiger partial charge is 0.248 e. The first-order valence-corrected chi connectivity index (χ1v) is 6.17. The van der Waals surface area contributed by atoms with Gasteiger partial charge in [0.05, 0.1) is 12.7 Å². The van der Waals surface area contributed by atoms with Crippen molar-refractivity contribution >= 4 is 11.6 Å². The third-order valence-corrected chi connectivity index (χ3v) is 3.47. The van der Waals surface area contributed by atoms with E-state index in [0.29, 0.717) is 24.5 Å². The van der Waals surface area contributed by atoms with Crippen LogP contribution >= 0.6 is 11.6 Å². The van der Waals surface area contributed by atoms with E-state index in [0.717, 1.165) is 5.56 Å². The van der Waals surface area contributed by atoms with Gasteiger partial charge in [0.25, 0.3) is 0 Å². The minimum absolute atomic E-state index is 0.0640. The van der Waals surface area contributed by atoms with E-state index in [4.69, 9.17) is 16.3 Å². The van der Waals surface area contributed by atoms with Gasteiger partial charge in [-0.3, -0.25) is 0 Å². The molecule has 0 amide bonds. The summed E-state index contributed by atoms with van der Waals surface area (Å²) in [5.41, 5.74) is 0.909. The van der Waals surface area contributed by atoms with Crippen molar-refractivity contribution in [3.63, 3.8) is 0 Å². The molecular formula is C13H15ClF2O. The zero-order valence-electron chi connectivity index (χ0n) is 9.46. The summed E-state index contributed by atoms with van der Waals surface area (Å²) >= 11 is 5.99. The molecule has 17 heavy (non-hydrogen) atoms. The van der Waals surface area contributed by atoms with E-state index in [-0.39, 0.29) is 18.9 Å². The van der Waals surface area contributed by atoms with E-state index in [1.54, 1.807) is 6.07 Å². The van der Waals surface area contributed by atoms with Crippen molar-refractivity contribution in [1.82, 2.24) is 0 Å². The molecule has 1 aromatic carbocycles. The number of hydrogen-bond donors (Lipinski definition) is 0. The number of halogens is 3. The van der Waals surface area contributed by atoms with Crippen molar-refractivity contribution in [2.75, 3.05) is 0 Å². The van der Waals surface area contributed by atoms with Crippen molar-refractivity contribution in [3.8, 4) is 0 Å². The average Bonchev–Trinajstić information content (AvgIpc) is 2.30. The van der Waals surface area contributed by atoms with E-state index < -0.39 is 5.92 Å². The highest BCUT2D eigenvalue weighted by atomic mass is 35.5. The SMILES string of the molecule is FC1(F)CCC(OCc2ccccc2Cl)CC1. The van der Waals surface area contributed by atoms with Crippen LogP contribution in [0.1, 0.15) is 31.2 Å². The lowest BCUT2D eigenvalue weighted by Gasteiger charge is -2.28. The molecule has 1 aromatic rings. The predicted octanol–water partition coefficient (Wildman–Crippen LogP) is 4.43. The normalized spacial score (nSPS) is 20.4. The molecule has 1 nitrogen and oxygen atoms in total. The second-order valence-corrected chi connectivity index (χ2v) is 4.86. The molecule has 0 bridgehead atoms. The number of alkyl halides is 2. The van der Waals surface area contributed by atoms with Crippen LogP contribution in [0.4, 0.5) is 8.78 Å². The van der Waals surface area contributed by atoms with Gasteiger partial charge in [0.15, 0.2) is 0 Å². The van der Waals surface area contributed by atoms with Crippen molar-refractivity contribution in [1.29, 1.82) is 0 Å². The van der Waals surface area contributed by atoms with Gasteiger partial charge in [-0.1, -0.05) is 29.8 Å². The Hall–Kier alpha value is -0.670. The molecule has 1 aliphatic rings. The maximum atomic E-state index is 12.9. The van der Waals surface area contributed by atoms with Crippen molar-refractivity contribution in [3.05, 3.63) is 34.9 Å². The van der Waals surface area contributed by atoms with E-state index in [9.17, 15) is 8.78 Å². The Morgan fingerprint density at radius 2 is 1.88 bits per heavy atom. The van der Waals surface area contributed by atoms with E-state index >= 15 is 0 Å². The molecule has 0 heterocycles. The summed E-state index contributed by atoms with van der Waals surface area (Å²) in [5, 5.41) is 0.661. The van der Waals surface area contributed by atoms with Crippen LogP contribution in [0.15, 0.2) is 24.3 Å². The first-order valence-electron chi connectivity index (χ1n) is 5.80. The molecule has 4 heteroatoms. The molecule has 0 atom stereocenters. The third kappa shape index (κ3) is 3.65. The van der Waals surface area contributed by atoms with Crippen LogP contribution in [0.2, 0.25) is 5.02 Å². The maximum absolute atomic E-state index is 12.9. The van der Waals surface area contributed by atoms with Gasteiger partial charge in [-0.2, -0.15) is 0 Å². The molecule has 2 rings (SSSR count). The highest BCUT2D eigenvalue weighted by molar-refractivity contribution is 6.31. The van der Waals surface area contributed by atoms with Crippen LogP contribution < -0.4 is 0 Å². The molecule has 0 unspecified atom stereocenters. The average molecular weight is 261 g/mol. The van der Waals surface area contributed by atoms with Gasteiger partial charge < -0.3 is 4.74 Å². The summed E-state index contributed by atoms with van der Waals surface area (Å²) in [7, 11) is 0. The lowest BCUT2D eigenvalue weighted by atomic mass is 9.94. The van der Waals surface area contributed by atoms with Gasteiger partial charge in [0, 0.05) is 17.9 Å². The summed E-state index contributed by atoms with van der Waals surface area (Å²) < 4.78 is 31.5. The highest BCUT2D eigenvalue weighted by Gasteiger charge is 2.35. The van der Waals surface area contributed by atoms with Gasteiger partial charge in [-0.25, -0.2) is 8.78 Å². The largest absolute Gasteiger partial charge is 0.373 e. The minimum Gasteiger partial charge on any atom is -0.373 e. The Morgan fingerprint density at radius 3 is 2.53 bits per heavy atom. The minimum atomic E-state index is -2.50. The van der Waals surface area contributed by atoms with Gasteiger partial charge in [-0.15, -0.1) is 0 Å². The van der Waals surface area contributed by atoms with Crippen LogP contribution in [0, 0.1) is 0 Å². The Morgan fingerprint density at radius 1 is 1.24 bits per heavy atom. The maximum Gasteiger partial charge on any atom is 0.248 e. The summed E-state index contributed by atoms with van der Waals surface area (Å²) in [6.07, 6.45) is 0.654. The number of hydrogen-bond acceptors (Lipinski definition) is 1. The molecule has 0 N–H and O–H groups in total. The molecule has 0 saturated heterocycles. The molecular weight excluding hydrogens is 246 g/mol. The Balaban J connectivity index is 1.82. The molecule has 94 valence electrons. The van der Waals surface area contributed by atoms with Crippen LogP contribution in [-0.2, 0) is 11.3 Å². The van der Waals surface area contributed by atoms with E-state index in [2.05, 4.69) is 0 Å². The lowest BCUT2D eigenvalue weighted by molar-refractivity contribution is -0.0838. The summed E-state index contributed by atoms with van der Waals surface area (Å²) in [4.78, 5) is 0. The van der Waals surface area contributed by atoms with Crippen molar-refractivity contribution in [2.45, 2.75) is 44.3 Å². The quantitative estimate of drug-likeness (QED) is 0.781. The number of ether oxygens (including phenoxy) is 1. The lowest BCUT2D eigenvalue weighted by Crippen LogP contribution is -2.29. The fourth-order valence-corrected chi connectivity index (χ4v) is 2.19. The first-order chi connectivity index (χ1) is 8.07. The first kappa shape index (κ1) is 12.8. The fourth-order valence-electron chi connectivity index (χ4n) is 2.00. The Labute approximate surface area is 105 Å². The van der Waals surface area contributed by atoms with Crippen LogP contribution in [-0.4, -0.2) is 12.0 Å². The highest BCUT2D eigenvalue weighted by Crippen LogP contribution is 2.34. The Kier molecular flexibility index (Phi) is 4.00. The van der Waals surface area contributed by atoms with E-state index in [1.807, 2.05) is 18.2 Å². The monoisotopic (exact) mass is 260 g/mol. The van der Waals surface area contributed by atoms with Crippen molar-refractivity contribution in [2.24, 2.45) is 0 Å². The predicted molar refractivity (Wildman–Crippen MR) is 63.4 cm³/mol. The molecule has 1 saturated carbocycles. The van der Waals surface area contributed by atoms with E-state index in [1.165, 1.54) is 0 Å². The van der Waals surface area contributed by atoms with Gasteiger partial charge in [-0.05, 0) is 24.5 Å². The molecule has 1 aliphatic carbocycles. The second kappa shape index (κ2) is 5.32. The number of rotatable bonds is 3. The summed E-state index contributed by atoms with van der Waals surface area (Å²) in [6, 6.07) is 7.43. The molecule has 0 aromatic heterocycles. The molecule has 0 spiro atoms. The zero-order chi connectivity index (χ0) is 12.3. The molecule has 0 radical (unpaired) electrons. The van der Waals surface area contributed by atoms with Crippen LogP contribution in [0.3, 0.4) is 0 Å². The number of benzene rings is 1. The van der Waals surface area contributed by atoms with Gasteiger partial charge in [0.2, 0.25) is 5.92 Å². The molecule has 1 fully saturated rings. The summed E-state index contributed by atoms with van der Waals surface area (Å²) in [6.45, 7) is 0.399.